The van der Waals surface area contributed by atoms with E-state index in [1.165, 1.54) is 18.3 Å². The number of esters is 1. The summed E-state index contributed by atoms with van der Waals surface area (Å²) in [6.07, 6.45) is 0.364. The van der Waals surface area contributed by atoms with Crippen molar-refractivity contribution in [3.63, 3.8) is 0 Å². The van der Waals surface area contributed by atoms with Crippen molar-refractivity contribution in [2.45, 2.75) is 39.4 Å². The Morgan fingerprint density at radius 1 is 1.23 bits per heavy atom. The third-order valence-corrected chi connectivity index (χ3v) is 3.78. The summed E-state index contributed by atoms with van der Waals surface area (Å²) in [5.74, 6) is -1.35. The number of nitrogens with zero attached hydrogens (tertiary/aromatic N) is 1. The van der Waals surface area contributed by atoms with E-state index in [2.05, 4.69) is 0 Å². The van der Waals surface area contributed by atoms with Crippen molar-refractivity contribution in [2.75, 3.05) is 26.5 Å². The van der Waals surface area contributed by atoms with Crippen LogP contribution in [0.15, 0.2) is 0 Å². The molecule has 0 aromatic heterocycles. The summed E-state index contributed by atoms with van der Waals surface area (Å²) in [4.78, 5) is 25.6. The van der Waals surface area contributed by atoms with E-state index in [-0.39, 0.29) is 12.5 Å². The minimum atomic E-state index is -1.50. The average molecular weight is 335 g/mol. The molecule has 1 heterocycles. The highest BCUT2D eigenvalue weighted by Gasteiger charge is 2.43. The first-order valence-electron chi connectivity index (χ1n) is 7.11. The molecule has 1 aliphatic heterocycles. The number of rotatable bonds is 3. The van der Waals surface area contributed by atoms with Gasteiger partial charge in [-0.05, 0) is 20.8 Å². The summed E-state index contributed by atoms with van der Waals surface area (Å²) in [6.45, 7) is 7.66. The van der Waals surface area contributed by atoms with Gasteiger partial charge in [0.2, 0.25) is 0 Å². The molecule has 1 fully saturated rings. The maximum Gasteiger partial charge on any atom is 0.410 e. The quantitative estimate of drug-likeness (QED) is 0.724. The van der Waals surface area contributed by atoms with Gasteiger partial charge in [-0.3, -0.25) is 8.98 Å². The predicted octanol–water partition coefficient (Wildman–Crippen LogP) is 1.34. The molecule has 0 aromatic rings. The van der Waals surface area contributed by atoms with Gasteiger partial charge in [-0.1, -0.05) is 6.92 Å². The summed E-state index contributed by atoms with van der Waals surface area (Å²) in [5.41, 5.74) is -0.612. The van der Waals surface area contributed by atoms with Gasteiger partial charge in [-0.2, -0.15) is 0 Å². The molecule has 0 bridgehead atoms. The van der Waals surface area contributed by atoms with Crippen molar-refractivity contribution >= 4 is 23.1 Å². The lowest BCUT2D eigenvalue weighted by Crippen LogP contribution is -2.55. The van der Waals surface area contributed by atoms with Gasteiger partial charge in [0.25, 0.3) is 0 Å². The van der Waals surface area contributed by atoms with Gasteiger partial charge >= 0.3 is 12.1 Å². The minimum Gasteiger partial charge on any atom is -0.469 e. The maximum atomic E-state index is 12.2. The topological polar surface area (TPSA) is 82.1 Å². The SMILES string of the molecule is COC(=O)C1CN(C(=O)OC(C)(C)C)CC(C)C1OS(C)=O. The molecular formula is C14H25NO6S. The number of hydrogen-bond acceptors (Lipinski definition) is 6. The predicted molar refractivity (Wildman–Crippen MR) is 81.4 cm³/mol. The van der Waals surface area contributed by atoms with Crippen molar-refractivity contribution < 1.29 is 27.5 Å². The van der Waals surface area contributed by atoms with E-state index < -0.39 is 40.8 Å². The molecular weight excluding hydrogens is 310 g/mol. The third-order valence-electron chi connectivity index (χ3n) is 3.29. The van der Waals surface area contributed by atoms with Crippen LogP contribution in [0, 0.1) is 11.8 Å². The number of methoxy groups -OCH3 is 1. The second-order valence-electron chi connectivity index (χ2n) is 6.45. The van der Waals surface area contributed by atoms with Gasteiger partial charge in [0.15, 0.2) is 11.1 Å². The molecule has 0 radical (unpaired) electrons. The second-order valence-corrected chi connectivity index (χ2v) is 7.45. The molecule has 1 rings (SSSR count). The zero-order valence-corrected chi connectivity index (χ0v) is 14.8. The third kappa shape index (κ3) is 5.24. The number of amides is 1. The molecule has 1 amide bonds. The van der Waals surface area contributed by atoms with E-state index in [0.29, 0.717) is 6.54 Å². The van der Waals surface area contributed by atoms with Crippen LogP contribution in [-0.2, 0) is 29.5 Å². The number of likely N-dealkylation sites (tertiary alicyclic amines) is 1. The van der Waals surface area contributed by atoms with E-state index in [9.17, 15) is 13.8 Å². The summed E-state index contributed by atoms with van der Waals surface area (Å²) < 4.78 is 26.8. The summed E-state index contributed by atoms with van der Waals surface area (Å²) in [7, 11) is 1.28. The first-order valence-corrected chi connectivity index (χ1v) is 8.59. The van der Waals surface area contributed by atoms with E-state index in [1.54, 1.807) is 20.8 Å². The van der Waals surface area contributed by atoms with Crippen molar-refractivity contribution in [3.8, 4) is 0 Å². The molecule has 7 nitrogen and oxygen atoms in total. The monoisotopic (exact) mass is 335 g/mol. The minimum absolute atomic E-state index is 0.119. The fraction of sp³-hybridized carbons (Fsp3) is 0.857. The number of hydrogen-bond donors (Lipinski definition) is 0. The Labute approximate surface area is 133 Å². The molecule has 4 atom stereocenters. The largest absolute Gasteiger partial charge is 0.469 e. The van der Waals surface area contributed by atoms with Crippen LogP contribution < -0.4 is 0 Å². The van der Waals surface area contributed by atoms with E-state index >= 15 is 0 Å². The van der Waals surface area contributed by atoms with Gasteiger partial charge in [-0.15, -0.1) is 0 Å². The number of ether oxygens (including phenoxy) is 2. The van der Waals surface area contributed by atoms with Crippen LogP contribution in [0.2, 0.25) is 0 Å². The molecule has 22 heavy (non-hydrogen) atoms. The zero-order chi connectivity index (χ0) is 17.1. The van der Waals surface area contributed by atoms with Crippen LogP contribution in [0.3, 0.4) is 0 Å². The maximum absolute atomic E-state index is 12.2. The Bertz CT molecular complexity index is 447. The first kappa shape index (κ1) is 18.9. The highest BCUT2D eigenvalue weighted by Crippen LogP contribution is 2.28. The fourth-order valence-corrected chi connectivity index (χ4v) is 3.05. The van der Waals surface area contributed by atoms with Gasteiger partial charge in [0.05, 0.1) is 13.2 Å². The van der Waals surface area contributed by atoms with Gasteiger partial charge in [0.1, 0.15) is 11.5 Å². The highest BCUT2D eigenvalue weighted by molar-refractivity contribution is 7.79. The smallest absolute Gasteiger partial charge is 0.410 e. The standard InChI is InChI=1S/C14H25NO6S/c1-9-7-15(13(17)20-14(2,3)4)8-10(12(16)19-5)11(9)21-22(6)18/h9-11H,7-8H2,1-6H3. The van der Waals surface area contributed by atoms with Gasteiger partial charge in [0, 0.05) is 25.3 Å². The lowest BCUT2D eigenvalue weighted by atomic mass is 9.87. The van der Waals surface area contributed by atoms with E-state index in [4.69, 9.17) is 13.7 Å². The number of carbonyl (C=O) groups excluding carboxylic acids is 2. The molecule has 0 saturated carbocycles. The Hall–Kier alpha value is -1.15. The molecule has 1 saturated heterocycles. The Morgan fingerprint density at radius 2 is 1.82 bits per heavy atom. The molecule has 4 unspecified atom stereocenters. The number of carbonyl (C=O) groups is 2. The van der Waals surface area contributed by atoms with Crippen molar-refractivity contribution in [1.82, 2.24) is 4.90 Å². The molecule has 8 heteroatoms. The molecule has 0 spiro atoms. The molecule has 1 aliphatic rings. The second kappa shape index (κ2) is 7.41. The van der Waals surface area contributed by atoms with Crippen LogP contribution in [0.25, 0.3) is 0 Å². The van der Waals surface area contributed by atoms with Crippen LogP contribution in [0.1, 0.15) is 27.7 Å². The Balaban J connectivity index is 2.90. The molecule has 0 aliphatic carbocycles. The van der Waals surface area contributed by atoms with Gasteiger partial charge < -0.3 is 14.4 Å². The number of piperidine rings is 1. The molecule has 128 valence electrons. The van der Waals surface area contributed by atoms with Crippen LogP contribution in [0.5, 0.6) is 0 Å². The fourth-order valence-electron chi connectivity index (χ4n) is 2.42. The van der Waals surface area contributed by atoms with E-state index in [0.717, 1.165) is 0 Å². The van der Waals surface area contributed by atoms with Crippen LogP contribution in [0.4, 0.5) is 4.79 Å². The summed E-state index contributed by atoms with van der Waals surface area (Å²) in [6, 6.07) is 0. The lowest BCUT2D eigenvalue weighted by molar-refractivity contribution is -0.153. The summed E-state index contributed by atoms with van der Waals surface area (Å²) >= 11 is -1.50. The summed E-state index contributed by atoms with van der Waals surface area (Å²) in [5, 5.41) is 0. The van der Waals surface area contributed by atoms with Crippen molar-refractivity contribution in [3.05, 3.63) is 0 Å². The van der Waals surface area contributed by atoms with Gasteiger partial charge in [-0.25, -0.2) is 9.00 Å². The van der Waals surface area contributed by atoms with E-state index in [1.807, 2.05) is 6.92 Å². The molecule has 0 N–H and O–H groups in total. The Kier molecular flexibility index (Phi) is 6.37. The highest BCUT2D eigenvalue weighted by atomic mass is 32.2. The van der Waals surface area contributed by atoms with Crippen molar-refractivity contribution in [2.24, 2.45) is 11.8 Å². The first-order chi connectivity index (χ1) is 10.0. The lowest BCUT2D eigenvalue weighted by Gasteiger charge is -2.40. The molecule has 0 aromatic carbocycles. The average Bonchev–Trinajstić information content (AvgIpc) is 2.37. The van der Waals surface area contributed by atoms with Crippen molar-refractivity contribution in [1.29, 1.82) is 0 Å². The normalized spacial score (nSPS) is 27.2. The van der Waals surface area contributed by atoms with Crippen LogP contribution >= 0.6 is 0 Å². The zero-order valence-electron chi connectivity index (χ0n) is 14.0. The van der Waals surface area contributed by atoms with Crippen LogP contribution in [-0.4, -0.2) is 59.3 Å². The Morgan fingerprint density at radius 3 is 2.27 bits per heavy atom.